The van der Waals surface area contributed by atoms with Crippen LogP contribution < -0.4 is 20.9 Å². The quantitative estimate of drug-likeness (QED) is 0.368. The van der Waals surface area contributed by atoms with Crippen molar-refractivity contribution < 1.29 is 23.5 Å². The Bertz CT molecular complexity index is 1030. The van der Waals surface area contributed by atoms with Crippen LogP contribution >= 0.6 is 28.1 Å². The summed E-state index contributed by atoms with van der Waals surface area (Å²) in [6.07, 6.45) is 1.62. The molecule has 3 rings (SSSR count). The Morgan fingerprint density at radius 3 is 2.79 bits per heavy atom. The Kier molecular flexibility index (Phi) is 8.45. The molecule has 9 nitrogen and oxygen atoms in total. The molecule has 2 heterocycles. The van der Waals surface area contributed by atoms with Gasteiger partial charge in [0.25, 0.3) is 5.91 Å². The van der Waals surface area contributed by atoms with E-state index in [2.05, 4.69) is 32.1 Å². The first-order valence-corrected chi connectivity index (χ1v) is 11.6. The first-order chi connectivity index (χ1) is 15.7. The second-order valence-corrected chi connectivity index (χ2v) is 9.32. The van der Waals surface area contributed by atoms with Gasteiger partial charge in [0.15, 0.2) is 5.11 Å². The van der Waals surface area contributed by atoms with E-state index in [0.29, 0.717) is 40.6 Å². The number of likely N-dealkylation sites (tertiary alicyclic amines) is 1. The second kappa shape index (κ2) is 11.3. The van der Waals surface area contributed by atoms with Gasteiger partial charge in [-0.25, -0.2) is 0 Å². The lowest BCUT2D eigenvalue weighted by atomic mass is 10.1. The van der Waals surface area contributed by atoms with Gasteiger partial charge >= 0.3 is 0 Å². The lowest BCUT2D eigenvalue weighted by Crippen LogP contribution is -2.50. The number of nitrogens with one attached hydrogen (secondary N) is 3. The summed E-state index contributed by atoms with van der Waals surface area (Å²) in [4.78, 5) is 38.9. The Hall–Kier alpha value is -2.92. The van der Waals surface area contributed by atoms with Gasteiger partial charge in [0, 0.05) is 17.4 Å². The molecule has 1 aliphatic heterocycles. The molecule has 2 aromatic rings. The van der Waals surface area contributed by atoms with E-state index in [1.54, 1.807) is 35.2 Å². The molecule has 33 heavy (non-hydrogen) atoms. The highest BCUT2D eigenvalue weighted by atomic mass is 79.9. The van der Waals surface area contributed by atoms with Gasteiger partial charge in [-0.3, -0.25) is 30.6 Å². The third-order valence-electron chi connectivity index (χ3n) is 4.80. The summed E-state index contributed by atoms with van der Waals surface area (Å²) >= 11 is 8.48. The number of amides is 3. The van der Waals surface area contributed by atoms with Crippen molar-refractivity contribution in [2.24, 2.45) is 11.8 Å². The molecule has 1 unspecified atom stereocenters. The molecule has 1 aliphatic rings. The number of nitrogens with zero attached hydrogens (tertiary/aromatic N) is 1. The van der Waals surface area contributed by atoms with Crippen LogP contribution in [0.4, 0.5) is 0 Å². The average Bonchev–Trinajstić information content (AvgIpc) is 3.41. The summed E-state index contributed by atoms with van der Waals surface area (Å²) in [5, 5.41) is 2.44. The van der Waals surface area contributed by atoms with Gasteiger partial charge in [0.1, 0.15) is 11.5 Å². The minimum absolute atomic E-state index is 0.0834. The highest BCUT2D eigenvalue weighted by molar-refractivity contribution is 9.10. The van der Waals surface area contributed by atoms with Crippen molar-refractivity contribution in [1.82, 2.24) is 21.1 Å². The number of rotatable bonds is 7. The molecular weight excluding hydrogens is 512 g/mol. The Morgan fingerprint density at radius 1 is 1.30 bits per heavy atom. The molecule has 1 saturated heterocycles. The monoisotopic (exact) mass is 536 g/mol. The average molecular weight is 537 g/mol. The Balaban J connectivity index is 1.50. The van der Waals surface area contributed by atoms with Crippen molar-refractivity contribution in [3.05, 3.63) is 52.4 Å². The van der Waals surface area contributed by atoms with Gasteiger partial charge in [0.05, 0.1) is 30.9 Å². The van der Waals surface area contributed by atoms with Gasteiger partial charge in [-0.05, 0) is 48.5 Å². The molecule has 3 N–H and O–H groups in total. The predicted octanol–water partition coefficient (Wildman–Crippen LogP) is 2.76. The van der Waals surface area contributed by atoms with Crippen LogP contribution in [0.2, 0.25) is 0 Å². The molecule has 176 valence electrons. The maximum absolute atomic E-state index is 12.7. The van der Waals surface area contributed by atoms with Crippen LogP contribution in [0, 0.1) is 11.8 Å². The molecule has 0 spiro atoms. The third kappa shape index (κ3) is 7.03. The zero-order valence-electron chi connectivity index (χ0n) is 18.2. The van der Waals surface area contributed by atoms with Crippen molar-refractivity contribution in [3.63, 3.8) is 0 Å². The van der Waals surface area contributed by atoms with Crippen molar-refractivity contribution in [3.8, 4) is 5.75 Å². The van der Waals surface area contributed by atoms with Gasteiger partial charge in [-0.15, -0.1) is 0 Å². The molecule has 1 atom stereocenters. The van der Waals surface area contributed by atoms with Crippen LogP contribution in [-0.2, 0) is 16.1 Å². The van der Waals surface area contributed by atoms with E-state index in [1.807, 2.05) is 13.8 Å². The highest BCUT2D eigenvalue weighted by Gasteiger charge is 2.34. The Labute approximate surface area is 205 Å². The summed E-state index contributed by atoms with van der Waals surface area (Å²) in [5.74, 6) is -0.188. The first kappa shape index (κ1) is 24.7. The number of benzene rings is 1. The largest absolute Gasteiger partial charge is 0.492 e. The number of ether oxygens (including phenoxy) is 1. The maximum Gasteiger partial charge on any atom is 0.261 e. The van der Waals surface area contributed by atoms with E-state index in [1.165, 1.54) is 6.26 Å². The number of hydrogen-bond acceptors (Lipinski definition) is 6. The van der Waals surface area contributed by atoms with Crippen molar-refractivity contribution in [1.29, 1.82) is 0 Å². The number of hydrogen-bond donors (Lipinski definition) is 3. The van der Waals surface area contributed by atoms with E-state index >= 15 is 0 Å². The molecule has 1 aromatic heterocycles. The summed E-state index contributed by atoms with van der Waals surface area (Å²) in [7, 11) is 0. The molecular formula is C22H25BrN4O5S. The van der Waals surface area contributed by atoms with Crippen LogP contribution in [0.1, 0.15) is 36.4 Å². The summed E-state index contributed by atoms with van der Waals surface area (Å²) in [6, 6.07) is 8.62. The Morgan fingerprint density at radius 2 is 2.09 bits per heavy atom. The van der Waals surface area contributed by atoms with Gasteiger partial charge in [-0.1, -0.05) is 29.8 Å². The van der Waals surface area contributed by atoms with E-state index in [-0.39, 0.29) is 24.0 Å². The number of hydrazine groups is 1. The highest BCUT2D eigenvalue weighted by Crippen LogP contribution is 2.24. The van der Waals surface area contributed by atoms with Gasteiger partial charge in [-0.2, -0.15) is 0 Å². The maximum atomic E-state index is 12.7. The van der Waals surface area contributed by atoms with Crippen molar-refractivity contribution in [2.75, 3.05) is 13.2 Å². The standard InChI is InChI=1S/C22H25BrN4O5S/c1-13(2)12-32-18-6-5-15(23)9-17(18)21(30)24-22(33)26-25-20(29)14-8-19(28)27(10-14)11-16-4-3-7-31-16/h3-7,9,13-14H,8,10-12H2,1-2H3,(H,25,29)(H2,24,26,30,33). The molecule has 0 saturated carbocycles. The smallest absolute Gasteiger partial charge is 0.261 e. The fourth-order valence-corrected chi connectivity index (χ4v) is 3.68. The molecule has 0 bridgehead atoms. The van der Waals surface area contributed by atoms with Crippen molar-refractivity contribution in [2.45, 2.75) is 26.8 Å². The zero-order valence-corrected chi connectivity index (χ0v) is 20.6. The molecule has 1 fully saturated rings. The lowest BCUT2D eigenvalue weighted by Gasteiger charge is -2.16. The number of halogens is 1. The molecule has 0 aliphatic carbocycles. The minimum Gasteiger partial charge on any atom is -0.492 e. The SMILES string of the molecule is CC(C)COc1ccc(Br)cc1C(=O)NC(=S)NNC(=O)C1CC(=O)N(Cc2ccco2)C1. The number of carbonyl (C=O) groups excluding carboxylic acids is 3. The lowest BCUT2D eigenvalue weighted by molar-refractivity contribution is -0.129. The van der Waals surface area contributed by atoms with Gasteiger partial charge < -0.3 is 14.1 Å². The number of thiocarbonyl (C=S) groups is 1. The summed E-state index contributed by atoms with van der Waals surface area (Å²) in [5.41, 5.74) is 5.28. The molecule has 3 amide bonds. The third-order valence-corrected chi connectivity index (χ3v) is 5.49. The zero-order chi connectivity index (χ0) is 24.0. The normalized spacial score (nSPS) is 15.5. The number of carbonyl (C=O) groups is 3. The van der Waals surface area contributed by atoms with Gasteiger partial charge in [0.2, 0.25) is 11.8 Å². The second-order valence-electron chi connectivity index (χ2n) is 8.00. The minimum atomic E-state index is -0.542. The number of furan rings is 1. The topological polar surface area (TPSA) is 113 Å². The van der Waals surface area contributed by atoms with E-state index < -0.39 is 17.7 Å². The van der Waals surface area contributed by atoms with E-state index in [4.69, 9.17) is 21.4 Å². The van der Waals surface area contributed by atoms with Crippen LogP contribution in [0.5, 0.6) is 5.75 Å². The fourth-order valence-electron chi connectivity index (χ4n) is 3.18. The summed E-state index contributed by atoms with van der Waals surface area (Å²) < 4.78 is 11.7. The fraction of sp³-hybridized carbons (Fsp3) is 0.364. The molecule has 11 heteroatoms. The van der Waals surface area contributed by atoms with Crippen LogP contribution in [0.25, 0.3) is 0 Å². The van der Waals surface area contributed by atoms with Crippen LogP contribution in [0.3, 0.4) is 0 Å². The molecule has 0 radical (unpaired) electrons. The van der Waals surface area contributed by atoms with E-state index in [0.717, 1.165) is 0 Å². The molecule has 1 aromatic carbocycles. The van der Waals surface area contributed by atoms with Crippen LogP contribution in [-0.4, -0.2) is 40.9 Å². The van der Waals surface area contributed by atoms with E-state index in [9.17, 15) is 14.4 Å². The van der Waals surface area contributed by atoms with Crippen molar-refractivity contribution >= 4 is 51.0 Å². The first-order valence-electron chi connectivity index (χ1n) is 10.4. The van der Waals surface area contributed by atoms with Crippen LogP contribution in [0.15, 0.2) is 45.5 Å². The summed E-state index contributed by atoms with van der Waals surface area (Å²) in [6.45, 7) is 5.05. The predicted molar refractivity (Wildman–Crippen MR) is 128 cm³/mol.